The molecule has 0 aliphatic rings. The second kappa shape index (κ2) is 12.8. The fourth-order valence-electron chi connectivity index (χ4n) is 2.62. The van der Waals surface area contributed by atoms with Crippen molar-refractivity contribution in [1.82, 2.24) is 15.9 Å². The van der Waals surface area contributed by atoms with E-state index in [2.05, 4.69) is 35.2 Å². The van der Waals surface area contributed by atoms with Crippen molar-refractivity contribution >= 4 is 12.1 Å². The van der Waals surface area contributed by atoms with Crippen molar-refractivity contribution in [3.8, 4) is 11.5 Å². The van der Waals surface area contributed by atoms with E-state index in [1.807, 2.05) is 60.5 Å². The third kappa shape index (κ3) is 7.42. The lowest BCUT2D eigenvalue weighted by atomic mass is 10.1. The van der Waals surface area contributed by atoms with Gasteiger partial charge < -0.3 is 14.8 Å². The number of carbonyl (C=O) groups excluding carboxylic acids is 1. The molecular weight excluding hydrogens is 382 g/mol. The van der Waals surface area contributed by atoms with Crippen molar-refractivity contribution in [3.63, 3.8) is 0 Å². The summed E-state index contributed by atoms with van der Waals surface area (Å²) in [5.74, 6) is 6.11. The van der Waals surface area contributed by atoms with Gasteiger partial charge in [-0.1, -0.05) is 24.3 Å². The number of nitrogens with one attached hydrogen (secondary N) is 3. The van der Waals surface area contributed by atoms with Gasteiger partial charge in [0.2, 0.25) is 6.41 Å². The van der Waals surface area contributed by atoms with Gasteiger partial charge in [0.05, 0.1) is 0 Å². The van der Waals surface area contributed by atoms with Crippen molar-refractivity contribution < 1.29 is 14.3 Å². The summed E-state index contributed by atoms with van der Waals surface area (Å²) in [7, 11) is 1.92. The second-order valence-electron chi connectivity index (χ2n) is 6.17. The Kier molecular flexibility index (Phi) is 9.64. The molecular formula is C22H27N5O3. The number of benzene rings is 2. The lowest BCUT2D eigenvalue weighted by molar-refractivity contribution is -0.110. The third-order valence-electron chi connectivity index (χ3n) is 4.14. The van der Waals surface area contributed by atoms with Crippen LogP contribution in [0.5, 0.6) is 11.5 Å². The smallest absolute Gasteiger partial charge is 0.222 e. The van der Waals surface area contributed by atoms with Gasteiger partial charge in [0.15, 0.2) is 0 Å². The summed E-state index contributed by atoms with van der Waals surface area (Å²) in [5.41, 5.74) is 8.34. The molecule has 0 bridgehead atoms. The summed E-state index contributed by atoms with van der Waals surface area (Å²) < 4.78 is 11.8. The maximum Gasteiger partial charge on any atom is 0.222 e. The number of hydrogen-bond acceptors (Lipinski definition) is 7. The number of nitrogens with zero attached hydrogens (tertiary/aromatic N) is 1. The molecule has 0 saturated carbocycles. The van der Waals surface area contributed by atoms with Crippen molar-refractivity contribution in [1.29, 1.82) is 0 Å². The number of hydrazine groups is 2. The summed E-state index contributed by atoms with van der Waals surface area (Å²) in [4.78, 5) is 13.2. The molecule has 0 spiro atoms. The number of ether oxygens (including phenoxy) is 2. The van der Waals surface area contributed by atoms with Gasteiger partial charge in [-0.15, -0.1) is 0 Å². The first kappa shape index (κ1) is 22.7. The number of carbonyl (C=O) groups is 1. The van der Waals surface area contributed by atoms with Crippen LogP contribution in [0.15, 0.2) is 67.0 Å². The molecule has 8 heteroatoms. The van der Waals surface area contributed by atoms with Crippen LogP contribution >= 0.6 is 0 Å². The lowest BCUT2D eigenvalue weighted by Gasteiger charge is -2.14. The van der Waals surface area contributed by atoms with Crippen LogP contribution in [0.1, 0.15) is 16.7 Å². The summed E-state index contributed by atoms with van der Waals surface area (Å²) in [6, 6.07) is 17.8. The highest BCUT2D eigenvalue weighted by molar-refractivity contribution is 5.54. The van der Waals surface area contributed by atoms with Crippen LogP contribution in [-0.2, 0) is 18.0 Å². The van der Waals surface area contributed by atoms with E-state index in [-0.39, 0.29) is 0 Å². The van der Waals surface area contributed by atoms with Gasteiger partial charge in [-0.05, 0) is 36.8 Å². The van der Waals surface area contributed by atoms with Crippen LogP contribution in [-0.4, -0.2) is 18.4 Å². The Labute approximate surface area is 176 Å². The van der Waals surface area contributed by atoms with E-state index in [0.29, 0.717) is 19.6 Å². The first-order valence-electron chi connectivity index (χ1n) is 9.33. The highest BCUT2D eigenvalue weighted by atomic mass is 16.5. The minimum Gasteiger partial charge on any atom is -0.489 e. The average molecular weight is 409 g/mol. The highest BCUT2D eigenvalue weighted by Crippen LogP contribution is 2.24. The van der Waals surface area contributed by atoms with Crippen LogP contribution in [0.25, 0.3) is 0 Å². The van der Waals surface area contributed by atoms with Crippen molar-refractivity contribution in [3.05, 3.63) is 83.7 Å². The summed E-state index contributed by atoms with van der Waals surface area (Å²) in [5, 5.41) is 3.21. The zero-order chi connectivity index (χ0) is 21.6. The first-order chi connectivity index (χ1) is 14.7. The van der Waals surface area contributed by atoms with Crippen LogP contribution in [0.3, 0.4) is 0 Å². The fraction of sp³-hybridized carbons (Fsp3) is 0.182. The first-order valence-corrected chi connectivity index (χ1v) is 9.33. The van der Waals surface area contributed by atoms with Crippen LogP contribution in [0, 0.1) is 6.92 Å². The van der Waals surface area contributed by atoms with Crippen LogP contribution in [0.4, 0.5) is 5.69 Å². The number of pyridine rings is 1. The molecule has 30 heavy (non-hydrogen) atoms. The van der Waals surface area contributed by atoms with E-state index in [0.717, 1.165) is 28.3 Å². The Morgan fingerprint density at radius 3 is 2.37 bits per heavy atom. The predicted octanol–water partition coefficient (Wildman–Crippen LogP) is 2.70. The second-order valence-corrected chi connectivity index (χ2v) is 6.17. The maximum atomic E-state index is 9.15. The Balaban J connectivity index is 0.000000575. The van der Waals surface area contributed by atoms with E-state index in [1.54, 1.807) is 12.4 Å². The number of amides is 1. The summed E-state index contributed by atoms with van der Waals surface area (Å²) in [6.07, 6.45) is 4.00. The van der Waals surface area contributed by atoms with E-state index < -0.39 is 0 Å². The lowest BCUT2D eigenvalue weighted by Crippen LogP contribution is -2.36. The fourth-order valence-corrected chi connectivity index (χ4v) is 2.62. The molecule has 1 aromatic heterocycles. The van der Waals surface area contributed by atoms with Gasteiger partial charge in [0, 0.05) is 42.3 Å². The standard InChI is InChI=1S/C21H22N2O2.CH5N3O/c1-16-6-3-10-21(22-2)20(16)15-25-19-9-4-8-18(12-19)24-14-17-7-5-11-23-13-17;2-4-3-1-5/h3-13,22H,14-15H2,1-2H3;1,4H,2H2,(H,3,5). The molecule has 0 unspecified atom stereocenters. The van der Waals surface area contributed by atoms with Crippen molar-refractivity contribution in [2.24, 2.45) is 5.84 Å². The van der Waals surface area contributed by atoms with Crippen molar-refractivity contribution in [2.45, 2.75) is 20.1 Å². The molecule has 0 fully saturated rings. The normalized spacial score (nSPS) is 9.70. The molecule has 1 amide bonds. The van der Waals surface area contributed by atoms with E-state index in [9.17, 15) is 0 Å². The van der Waals surface area contributed by atoms with E-state index >= 15 is 0 Å². The molecule has 3 rings (SSSR count). The summed E-state index contributed by atoms with van der Waals surface area (Å²) in [6.45, 7) is 3.08. The zero-order valence-electron chi connectivity index (χ0n) is 17.1. The molecule has 5 N–H and O–H groups in total. The number of hydrogen-bond donors (Lipinski definition) is 4. The molecule has 0 atom stereocenters. The van der Waals surface area contributed by atoms with Crippen LogP contribution < -0.4 is 31.6 Å². The number of anilines is 1. The van der Waals surface area contributed by atoms with Crippen molar-refractivity contribution in [2.75, 3.05) is 12.4 Å². The minimum absolute atomic E-state index is 0.444. The number of aromatic nitrogens is 1. The zero-order valence-corrected chi connectivity index (χ0v) is 17.1. The van der Waals surface area contributed by atoms with Gasteiger partial charge >= 0.3 is 0 Å². The Bertz CT molecular complexity index is 906. The summed E-state index contributed by atoms with van der Waals surface area (Å²) >= 11 is 0. The quantitative estimate of drug-likeness (QED) is 0.244. The third-order valence-corrected chi connectivity index (χ3v) is 4.14. The Hall–Kier alpha value is -3.62. The molecule has 0 aliphatic carbocycles. The Morgan fingerprint density at radius 1 is 1.03 bits per heavy atom. The molecule has 2 aromatic carbocycles. The van der Waals surface area contributed by atoms with Gasteiger partial charge in [-0.3, -0.25) is 21.0 Å². The number of nitrogens with two attached hydrogens (primary N) is 1. The molecule has 8 nitrogen and oxygen atoms in total. The van der Waals surface area contributed by atoms with Gasteiger partial charge in [-0.25, -0.2) is 0 Å². The van der Waals surface area contributed by atoms with Gasteiger partial charge in [-0.2, -0.15) is 5.53 Å². The van der Waals surface area contributed by atoms with Crippen LogP contribution in [0.2, 0.25) is 0 Å². The topological polar surface area (TPSA) is 111 Å². The molecule has 0 radical (unpaired) electrons. The SMILES string of the molecule is CNc1cccc(C)c1COc1cccc(OCc2cccnc2)c1.NNNC=O. The van der Waals surface area contributed by atoms with Gasteiger partial charge in [0.1, 0.15) is 24.7 Å². The molecule has 1 heterocycles. The number of rotatable bonds is 9. The van der Waals surface area contributed by atoms with E-state index in [1.165, 1.54) is 5.56 Å². The molecule has 0 saturated heterocycles. The van der Waals surface area contributed by atoms with Gasteiger partial charge in [0.25, 0.3) is 0 Å². The van der Waals surface area contributed by atoms with E-state index in [4.69, 9.17) is 14.3 Å². The predicted molar refractivity (Wildman–Crippen MR) is 117 cm³/mol. The number of aryl methyl sites for hydroxylation is 1. The highest BCUT2D eigenvalue weighted by Gasteiger charge is 2.06. The maximum absolute atomic E-state index is 9.15. The monoisotopic (exact) mass is 409 g/mol. The minimum atomic E-state index is 0.444. The molecule has 3 aromatic rings. The average Bonchev–Trinajstić information content (AvgIpc) is 2.78. The molecule has 158 valence electrons. The Morgan fingerprint density at radius 2 is 1.77 bits per heavy atom. The molecule has 0 aliphatic heterocycles. The largest absolute Gasteiger partial charge is 0.489 e.